The first-order chi connectivity index (χ1) is 9.08. The molecule has 0 radical (unpaired) electrons. The largest absolute Gasteiger partial charge is 0.544 e. The lowest BCUT2D eigenvalue weighted by Crippen LogP contribution is -2.97. The SMILES string of the molecule is O=C([O-])[C@@H]1Cc2c([nH]c3ccccc23)[C@H](C(=O)[O-])[NH2+]1. The summed E-state index contributed by atoms with van der Waals surface area (Å²) in [5.41, 5.74) is 2.03. The van der Waals surface area contributed by atoms with Gasteiger partial charge in [-0.1, -0.05) is 18.2 Å². The molecule has 1 aromatic heterocycles. The Kier molecular flexibility index (Phi) is 2.53. The van der Waals surface area contributed by atoms with Crippen molar-refractivity contribution in [1.82, 2.24) is 4.98 Å². The number of hydrogen-bond acceptors (Lipinski definition) is 4. The van der Waals surface area contributed by atoms with E-state index in [1.165, 1.54) is 5.32 Å². The van der Waals surface area contributed by atoms with Crippen LogP contribution in [0.1, 0.15) is 17.3 Å². The van der Waals surface area contributed by atoms with Crippen molar-refractivity contribution >= 4 is 22.8 Å². The molecule has 0 saturated heterocycles. The van der Waals surface area contributed by atoms with E-state index in [4.69, 9.17) is 0 Å². The van der Waals surface area contributed by atoms with Gasteiger partial charge in [-0.2, -0.15) is 0 Å². The number of carboxylic acids is 2. The number of nitrogens with two attached hydrogens (primary N) is 1. The van der Waals surface area contributed by atoms with Crippen LogP contribution in [0.15, 0.2) is 24.3 Å². The van der Waals surface area contributed by atoms with E-state index in [9.17, 15) is 19.8 Å². The summed E-state index contributed by atoms with van der Waals surface area (Å²) in [5, 5.41) is 24.3. The monoisotopic (exact) mass is 259 g/mol. The van der Waals surface area contributed by atoms with Crippen molar-refractivity contribution in [3.05, 3.63) is 35.5 Å². The molecule has 0 fully saturated rings. The Morgan fingerprint density at radius 1 is 1.21 bits per heavy atom. The maximum atomic E-state index is 11.2. The number of aromatic nitrogens is 1. The lowest BCUT2D eigenvalue weighted by Gasteiger charge is -2.28. The highest BCUT2D eigenvalue weighted by Gasteiger charge is 2.34. The summed E-state index contributed by atoms with van der Waals surface area (Å²) >= 11 is 0. The third kappa shape index (κ3) is 1.77. The number of carboxylic acid groups (broad SMARTS) is 2. The van der Waals surface area contributed by atoms with Gasteiger partial charge in [-0.25, -0.2) is 0 Å². The molecule has 0 spiro atoms. The molecule has 0 bridgehead atoms. The van der Waals surface area contributed by atoms with Gasteiger partial charge in [0.05, 0.1) is 11.7 Å². The summed E-state index contributed by atoms with van der Waals surface area (Å²) in [5.74, 6) is -2.57. The van der Waals surface area contributed by atoms with Gasteiger partial charge in [0.2, 0.25) is 0 Å². The third-order valence-electron chi connectivity index (χ3n) is 3.56. The van der Waals surface area contributed by atoms with Crippen molar-refractivity contribution in [2.75, 3.05) is 0 Å². The zero-order valence-electron chi connectivity index (χ0n) is 9.88. The number of aliphatic carboxylic acids is 2. The smallest absolute Gasteiger partial charge is 0.167 e. The molecule has 6 heteroatoms. The minimum Gasteiger partial charge on any atom is -0.544 e. The van der Waals surface area contributed by atoms with Gasteiger partial charge in [0.25, 0.3) is 0 Å². The average molecular weight is 259 g/mol. The number of benzene rings is 1. The van der Waals surface area contributed by atoms with E-state index in [0.29, 0.717) is 5.69 Å². The Balaban J connectivity index is 2.19. The van der Waals surface area contributed by atoms with Crippen molar-refractivity contribution in [3.63, 3.8) is 0 Å². The van der Waals surface area contributed by atoms with E-state index in [2.05, 4.69) is 4.98 Å². The van der Waals surface area contributed by atoms with Crippen LogP contribution in [0.5, 0.6) is 0 Å². The predicted octanol–water partition coefficient (Wildman–Crippen LogP) is -2.80. The Morgan fingerprint density at radius 2 is 1.95 bits per heavy atom. The van der Waals surface area contributed by atoms with Crippen LogP contribution in [-0.2, 0) is 16.0 Å². The van der Waals surface area contributed by atoms with Gasteiger partial charge in [0.15, 0.2) is 6.04 Å². The van der Waals surface area contributed by atoms with Gasteiger partial charge in [-0.05, 0) is 11.6 Å². The van der Waals surface area contributed by atoms with E-state index < -0.39 is 24.0 Å². The van der Waals surface area contributed by atoms with Crippen LogP contribution < -0.4 is 15.5 Å². The summed E-state index contributed by atoms with van der Waals surface area (Å²) in [6.45, 7) is 0. The van der Waals surface area contributed by atoms with Gasteiger partial charge in [-0.3, -0.25) is 0 Å². The quantitative estimate of drug-likeness (QED) is 0.606. The minimum absolute atomic E-state index is 0.242. The highest BCUT2D eigenvalue weighted by Crippen LogP contribution is 2.28. The molecular weight excluding hydrogens is 248 g/mol. The van der Waals surface area contributed by atoms with Crippen molar-refractivity contribution in [2.45, 2.75) is 18.5 Å². The second-order valence-corrected chi connectivity index (χ2v) is 4.68. The van der Waals surface area contributed by atoms with Crippen molar-refractivity contribution in [1.29, 1.82) is 0 Å². The molecule has 0 amide bonds. The third-order valence-corrected chi connectivity index (χ3v) is 3.56. The van der Waals surface area contributed by atoms with E-state index in [1.807, 2.05) is 24.3 Å². The summed E-state index contributed by atoms with van der Waals surface area (Å²) in [7, 11) is 0. The van der Waals surface area contributed by atoms with Crippen LogP contribution in [-0.4, -0.2) is 23.0 Å². The van der Waals surface area contributed by atoms with Crippen molar-refractivity contribution < 1.29 is 25.1 Å². The molecule has 1 aliphatic rings. The molecule has 1 aromatic carbocycles. The van der Waals surface area contributed by atoms with E-state index in [0.717, 1.165) is 16.5 Å². The lowest BCUT2D eigenvalue weighted by molar-refractivity contribution is -0.718. The van der Waals surface area contributed by atoms with Crippen LogP contribution in [0.2, 0.25) is 0 Å². The minimum atomic E-state index is -1.31. The second kappa shape index (κ2) is 4.10. The van der Waals surface area contributed by atoms with Gasteiger partial charge in [0, 0.05) is 17.3 Å². The standard InChI is InChI=1S/C13H12N2O4/c16-12(17)9-5-7-6-3-1-2-4-8(6)14-10(7)11(15-9)13(18)19/h1-4,9,11,14-15H,5H2,(H,16,17)(H,18,19)/p-1/t9-,11+/m0/s1. The Hall–Kier alpha value is -2.34. The number of carbonyl (C=O) groups excluding carboxylic acids is 2. The normalized spacial score (nSPS) is 22.1. The molecule has 1 aliphatic heterocycles. The van der Waals surface area contributed by atoms with Crippen molar-refractivity contribution in [2.24, 2.45) is 0 Å². The molecule has 2 atom stereocenters. The van der Waals surface area contributed by atoms with E-state index in [-0.39, 0.29) is 6.42 Å². The maximum Gasteiger partial charge on any atom is 0.167 e. The number of nitrogens with one attached hydrogen (secondary N) is 1. The Morgan fingerprint density at radius 3 is 2.63 bits per heavy atom. The highest BCUT2D eigenvalue weighted by molar-refractivity contribution is 5.88. The molecule has 2 heterocycles. The first-order valence-corrected chi connectivity index (χ1v) is 5.94. The molecule has 2 aromatic rings. The molecule has 6 nitrogen and oxygen atoms in total. The fourth-order valence-corrected chi connectivity index (χ4v) is 2.68. The molecule has 3 rings (SSSR count). The maximum absolute atomic E-state index is 11.2. The highest BCUT2D eigenvalue weighted by atomic mass is 16.4. The van der Waals surface area contributed by atoms with Gasteiger partial charge < -0.3 is 30.1 Å². The molecule has 0 saturated carbocycles. The number of carbonyl (C=O) groups is 2. The number of aromatic amines is 1. The second-order valence-electron chi connectivity index (χ2n) is 4.68. The van der Waals surface area contributed by atoms with Crippen LogP contribution in [0.3, 0.4) is 0 Å². The Bertz CT molecular complexity index is 676. The fourth-order valence-electron chi connectivity index (χ4n) is 2.68. The number of para-hydroxylation sites is 1. The summed E-state index contributed by atoms with van der Waals surface area (Å²) in [6, 6.07) is 5.38. The summed E-state index contributed by atoms with van der Waals surface area (Å²) in [4.78, 5) is 25.3. The number of quaternary nitrogens is 1. The number of fused-ring (bicyclic) bond motifs is 3. The van der Waals surface area contributed by atoms with Crippen LogP contribution in [0.4, 0.5) is 0 Å². The first kappa shape index (κ1) is 11.7. The fraction of sp³-hybridized carbons (Fsp3) is 0.231. The summed E-state index contributed by atoms with van der Waals surface area (Å²) < 4.78 is 0. The summed E-state index contributed by atoms with van der Waals surface area (Å²) in [6.07, 6.45) is 0.242. The van der Waals surface area contributed by atoms with Crippen molar-refractivity contribution in [3.8, 4) is 0 Å². The molecule has 0 aliphatic carbocycles. The molecule has 3 N–H and O–H groups in total. The molecular formula is C13H11N2O4-. The number of rotatable bonds is 2. The first-order valence-electron chi connectivity index (χ1n) is 5.94. The van der Waals surface area contributed by atoms with Gasteiger partial charge in [-0.15, -0.1) is 0 Å². The average Bonchev–Trinajstić information content (AvgIpc) is 2.75. The van der Waals surface area contributed by atoms with Crippen LogP contribution in [0, 0.1) is 0 Å². The number of H-pyrrole nitrogens is 1. The molecule has 98 valence electrons. The zero-order valence-corrected chi connectivity index (χ0v) is 9.88. The van der Waals surface area contributed by atoms with Crippen LogP contribution in [0.25, 0.3) is 10.9 Å². The van der Waals surface area contributed by atoms with E-state index in [1.54, 1.807) is 0 Å². The number of hydrogen-bond donors (Lipinski definition) is 2. The topological polar surface area (TPSA) is 113 Å². The van der Waals surface area contributed by atoms with Gasteiger partial charge >= 0.3 is 0 Å². The molecule has 0 unspecified atom stereocenters. The van der Waals surface area contributed by atoms with Gasteiger partial charge in [0.1, 0.15) is 12.0 Å². The zero-order chi connectivity index (χ0) is 13.6. The van der Waals surface area contributed by atoms with E-state index >= 15 is 0 Å². The lowest BCUT2D eigenvalue weighted by atomic mass is 9.94. The van der Waals surface area contributed by atoms with Crippen LogP contribution >= 0.6 is 0 Å². The Labute approximate surface area is 108 Å². The molecule has 19 heavy (non-hydrogen) atoms. The predicted molar refractivity (Wildman–Crippen MR) is 60.5 cm³/mol.